The van der Waals surface area contributed by atoms with E-state index in [9.17, 15) is 28.2 Å². The van der Waals surface area contributed by atoms with Gasteiger partial charge < -0.3 is 20.1 Å². The molecule has 170 valence electrons. The lowest BCUT2D eigenvalue weighted by Crippen LogP contribution is -2.49. The fourth-order valence-electron chi connectivity index (χ4n) is 3.95. The summed E-state index contributed by atoms with van der Waals surface area (Å²) in [6.07, 6.45) is 3.75. The van der Waals surface area contributed by atoms with E-state index >= 15 is 0 Å². The summed E-state index contributed by atoms with van der Waals surface area (Å²) in [7, 11) is 0. The standard InChI is InChI=1S/C14H8F3N.C10H17NO3/c15-10-3-1-8(2-4-10)13-6-9-5-11(16)7-12(17)14(9)18-13;12-9(8-2-1-3-8)11-6-4-10(13,14)5-7-11/h1-7,18H;8,13-14H,1-7H2. The molecule has 0 atom stereocenters. The lowest BCUT2D eigenvalue weighted by Gasteiger charge is -2.38. The largest absolute Gasteiger partial charge is 0.365 e. The van der Waals surface area contributed by atoms with Crippen LogP contribution in [0.5, 0.6) is 0 Å². The van der Waals surface area contributed by atoms with Gasteiger partial charge in [-0.1, -0.05) is 6.42 Å². The predicted molar refractivity (Wildman–Crippen MR) is 114 cm³/mol. The molecule has 0 radical (unpaired) electrons. The number of aromatic nitrogens is 1. The number of rotatable bonds is 2. The Morgan fingerprint density at radius 1 is 0.969 bits per heavy atom. The zero-order chi connectivity index (χ0) is 22.9. The second-order valence-corrected chi connectivity index (χ2v) is 8.48. The summed E-state index contributed by atoms with van der Waals surface area (Å²) < 4.78 is 39.4. The third kappa shape index (κ3) is 4.97. The van der Waals surface area contributed by atoms with E-state index in [0.717, 1.165) is 25.3 Å². The average molecular weight is 446 g/mol. The van der Waals surface area contributed by atoms with Crippen LogP contribution in [0.4, 0.5) is 13.2 Å². The Kier molecular flexibility index (Phi) is 6.26. The summed E-state index contributed by atoms with van der Waals surface area (Å²) in [6.45, 7) is 0.977. The summed E-state index contributed by atoms with van der Waals surface area (Å²) in [4.78, 5) is 16.4. The van der Waals surface area contributed by atoms with E-state index in [1.807, 2.05) is 0 Å². The van der Waals surface area contributed by atoms with Crippen LogP contribution in [-0.4, -0.2) is 44.9 Å². The van der Waals surface area contributed by atoms with Crippen molar-refractivity contribution in [3.05, 3.63) is 59.9 Å². The number of amides is 1. The van der Waals surface area contributed by atoms with Crippen LogP contribution in [0, 0.1) is 23.4 Å². The van der Waals surface area contributed by atoms with Gasteiger partial charge in [-0.2, -0.15) is 0 Å². The molecule has 1 amide bonds. The number of halogens is 3. The van der Waals surface area contributed by atoms with Gasteiger partial charge in [-0.3, -0.25) is 4.79 Å². The Morgan fingerprint density at radius 2 is 1.62 bits per heavy atom. The lowest BCUT2D eigenvalue weighted by molar-refractivity contribution is -0.192. The fourth-order valence-corrected chi connectivity index (χ4v) is 3.95. The summed E-state index contributed by atoms with van der Waals surface area (Å²) >= 11 is 0. The summed E-state index contributed by atoms with van der Waals surface area (Å²) in [5, 5.41) is 19.1. The van der Waals surface area contributed by atoms with Gasteiger partial charge in [-0.05, 0) is 54.8 Å². The highest BCUT2D eigenvalue weighted by atomic mass is 19.1. The molecule has 5 rings (SSSR count). The van der Waals surface area contributed by atoms with Crippen LogP contribution in [0.3, 0.4) is 0 Å². The molecular formula is C24H25F3N2O3. The maximum Gasteiger partial charge on any atom is 0.225 e. The van der Waals surface area contributed by atoms with E-state index in [0.29, 0.717) is 29.7 Å². The number of benzene rings is 2. The van der Waals surface area contributed by atoms with E-state index in [4.69, 9.17) is 0 Å². The molecular weight excluding hydrogens is 421 g/mol. The van der Waals surface area contributed by atoms with Crippen LogP contribution in [-0.2, 0) is 4.79 Å². The molecule has 1 aliphatic carbocycles. The van der Waals surface area contributed by atoms with Gasteiger partial charge in [0, 0.05) is 49.0 Å². The third-order valence-electron chi connectivity index (χ3n) is 6.13. The van der Waals surface area contributed by atoms with Gasteiger partial charge in [-0.25, -0.2) is 13.2 Å². The molecule has 8 heteroatoms. The smallest absolute Gasteiger partial charge is 0.225 e. The lowest BCUT2D eigenvalue weighted by atomic mass is 9.84. The number of aliphatic hydroxyl groups is 2. The monoisotopic (exact) mass is 446 g/mol. The molecule has 1 saturated carbocycles. The molecule has 2 aliphatic rings. The molecule has 5 nitrogen and oxygen atoms in total. The molecule has 2 heterocycles. The minimum Gasteiger partial charge on any atom is -0.365 e. The molecule has 32 heavy (non-hydrogen) atoms. The Morgan fingerprint density at radius 3 is 2.22 bits per heavy atom. The number of H-pyrrole nitrogens is 1. The predicted octanol–water partition coefficient (Wildman–Crippen LogP) is 4.34. The van der Waals surface area contributed by atoms with Crippen LogP contribution in [0.1, 0.15) is 32.1 Å². The van der Waals surface area contributed by atoms with Crippen LogP contribution in [0.25, 0.3) is 22.2 Å². The first-order valence-electron chi connectivity index (χ1n) is 10.7. The molecule has 2 aromatic carbocycles. The number of hydrogen-bond donors (Lipinski definition) is 3. The van der Waals surface area contributed by atoms with Gasteiger partial charge in [-0.15, -0.1) is 0 Å². The van der Waals surface area contributed by atoms with E-state index in [-0.39, 0.29) is 36.0 Å². The SMILES string of the molecule is Fc1ccc(-c2cc3cc(F)cc(F)c3[nH]2)cc1.O=C(C1CCC1)N1CCC(O)(O)CC1. The number of nitrogens with zero attached hydrogens (tertiary/aromatic N) is 1. The van der Waals surface area contributed by atoms with E-state index in [1.165, 1.54) is 18.2 Å². The highest BCUT2D eigenvalue weighted by Crippen LogP contribution is 2.30. The number of piperidine rings is 1. The van der Waals surface area contributed by atoms with Crippen molar-refractivity contribution in [3.8, 4) is 11.3 Å². The van der Waals surface area contributed by atoms with E-state index in [1.54, 1.807) is 23.1 Å². The molecule has 1 aromatic heterocycles. The summed E-state index contributed by atoms with van der Waals surface area (Å²) in [6, 6.07) is 9.50. The van der Waals surface area contributed by atoms with Crippen molar-refractivity contribution < 1.29 is 28.2 Å². The zero-order valence-electron chi connectivity index (χ0n) is 17.5. The Labute approximate surface area is 183 Å². The van der Waals surface area contributed by atoms with Crippen molar-refractivity contribution in [1.82, 2.24) is 9.88 Å². The number of carbonyl (C=O) groups is 1. The van der Waals surface area contributed by atoms with Crippen molar-refractivity contribution in [2.75, 3.05) is 13.1 Å². The van der Waals surface area contributed by atoms with Gasteiger partial charge in [0.05, 0.1) is 5.52 Å². The summed E-state index contributed by atoms with van der Waals surface area (Å²) in [5.41, 5.74) is 1.58. The first-order valence-corrected chi connectivity index (χ1v) is 10.7. The van der Waals surface area contributed by atoms with Gasteiger partial charge >= 0.3 is 0 Å². The molecule has 1 aliphatic heterocycles. The van der Waals surface area contributed by atoms with Crippen molar-refractivity contribution in [1.29, 1.82) is 0 Å². The van der Waals surface area contributed by atoms with E-state index in [2.05, 4.69) is 4.98 Å². The molecule has 3 N–H and O–H groups in total. The van der Waals surface area contributed by atoms with Gasteiger partial charge in [0.2, 0.25) is 5.91 Å². The topological polar surface area (TPSA) is 76.6 Å². The summed E-state index contributed by atoms with van der Waals surface area (Å²) in [5.74, 6) is -2.71. The molecule has 3 aromatic rings. The quantitative estimate of drug-likeness (QED) is 0.513. The second kappa shape index (κ2) is 8.96. The fraction of sp³-hybridized carbons (Fsp3) is 0.375. The number of nitrogens with one attached hydrogen (secondary N) is 1. The van der Waals surface area contributed by atoms with Crippen LogP contribution >= 0.6 is 0 Å². The number of fused-ring (bicyclic) bond motifs is 1. The van der Waals surface area contributed by atoms with Gasteiger partial charge in [0.1, 0.15) is 17.5 Å². The minimum atomic E-state index is -1.55. The van der Waals surface area contributed by atoms with E-state index < -0.39 is 17.4 Å². The molecule has 1 saturated heterocycles. The van der Waals surface area contributed by atoms with Crippen LogP contribution < -0.4 is 0 Å². The zero-order valence-corrected chi connectivity index (χ0v) is 17.5. The third-order valence-corrected chi connectivity index (χ3v) is 6.13. The Bertz CT molecular complexity index is 1100. The Hall–Kier alpha value is -2.84. The molecule has 0 bridgehead atoms. The van der Waals surface area contributed by atoms with Gasteiger partial charge in [0.15, 0.2) is 5.79 Å². The maximum absolute atomic E-state index is 13.5. The first-order chi connectivity index (χ1) is 15.2. The minimum absolute atomic E-state index is 0.215. The van der Waals surface area contributed by atoms with Crippen LogP contribution in [0.2, 0.25) is 0 Å². The van der Waals surface area contributed by atoms with Crippen molar-refractivity contribution in [3.63, 3.8) is 0 Å². The molecule has 2 fully saturated rings. The first kappa shape index (κ1) is 22.4. The van der Waals surface area contributed by atoms with Crippen molar-refractivity contribution >= 4 is 16.8 Å². The van der Waals surface area contributed by atoms with Gasteiger partial charge in [0.25, 0.3) is 0 Å². The van der Waals surface area contributed by atoms with Crippen molar-refractivity contribution in [2.24, 2.45) is 5.92 Å². The number of likely N-dealkylation sites (tertiary alicyclic amines) is 1. The molecule has 0 spiro atoms. The highest BCUT2D eigenvalue weighted by Gasteiger charge is 2.35. The normalized spacial score (nSPS) is 18.1. The highest BCUT2D eigenvalue weighted by molar-refractivity contribution is 5.86. The average Bonchev–Trinajstić information content (AvgIpc) is 3.12. The van der Waals surface area contributed by atoms with Crippen LogP contribution in [0.15, 0.2) is 42.5 Å². The number of aromatic amines is 1. The molecule has 0 unspecified atom stereocenters. The van der Waals surface area contributed by atoms with Crippen molar-refractivity contribution in [2.45, 2.75) is 37.9 Å². The maximum atomic E-state index is 13.5. The second-order valence-electron chi connectivity index (χ2n) is 8.48. The number of hydrogen-bond acceptors (Lipinski definition) is 3. The number of carbonyl (C=O) groups excluding carboxylic acids is 1. The Balaban J connectivity index is 0.000000158.